The largest absolute Gasteiger partial charge is 0.350 e. The molecule has 2 amide bonds. The van der Waals surface area contributed by atoms with Gasteiger partial charge < -0.3 is 10.2 Å². The minimum Gasteiger partial charge on any atom is -0.350 e. The van der Waals surface area contributed by atoms with Crippen molar-refractivity contribution in [3.63, 3.8) is 0 Å². The van der Waals surface area contributed by atoms with Crippen molar-refractivity contribution in [1.82, 2.24) is 10.2 Å². The SMILES string of the molecule is C[C@H](C(=O)NC(C)(C)C)N(Cc1ccc(Cl)cc1Cl)C(=O)CSCc1ccc(F)cc1. The molecule has 2 aromatic rings. The van der Waals surface area contributed by atoms with Crippen LogP contribution in [0.3, 0.4) is 0 Å². The minimum absolute atomic E-state index is 0.176. The summed E-state index contributed by atoms with van der Waals surface area (Å²) in [6.07, 6.45) is 0. The predicted molar refractivity (Wildman–Crippen MR) is 127 cm³/mol. The summed E-state index contributed by atoms with van der Waals surface area (Å²) in [5.74, 6) is 0.0125. The van der Waals surface area contributed by atoms with Crippen LogP contribution in [0.15, 0.2) is 42.5 Å². The Balaban J connectivity index is 2.13. The molecule has 0 spiro atoms. The zero-order valence-corrected chi connectivity index (χ0v) is 20.4. The second-order valence-corrected chi connectivity index (χ2v) is 10.1. The zero-order valence-electron chi connectivity index (χ0n) is 18.0. The van der Waals surface area contributed by atoms with E-state index in [4.69, 9.17) is 23.2 Å². The van der Waals surface area contributed by atoms with Crippen LogP contribution in [0.5, 0.6) is 0 Å². The maximum absolute atomic E-state index is 13.1. The van der Waals surface area contributed by atoms with Gasteiger partial charge in [-0.1, -0.05) is 41.4 Å². The van der Waals surface area contributed by atoms with Gasteiger partial charge in [0.1, 0.15) is 11.9 Å². The monoisotopic (exact) mass is 484 g/mol. The van der Waals surface area contributed by atoms with Gasteiger partial charge in [0, 0.05) is 27.9 Å². The molecule has 0 heterocycles. The van der Waals surface area contributed by atoms with Crippen molar-refractivity contribution >= 4 is 46.8 Å². The van der Waals surface area contributed by atoms with Crippen molar-refractivity contribution in [3.05, 3.63) is 69.5 Å². The summed E-state index contributed by atoms with van der Waals surface area (Å²) in [4.78, 5) is 27.4. The van der Waals surface area contributed by atoms with Crippen LogP contribution < -0.4 is 5.32 Å². The van der Waals surface area contributed by atoms with Gasteiger partial charge in [0.2, 0.25) is 11.8 Å². The van der Waals surface area contributed by atoms with Crippen LogP contribution in [-0.2, 0) is 21.9 Å². The number of carbonyl (C=O) groups excluding carboxylic acids is 2. The van der Waals surface area contributed by atoms with Crippen molar-refractivity contribution in [1.29, 1.82) is 0 Å². The van der Waals surface area contributed by atoms with Crippen LogP contribution in [0.25, 0.3) is 0 Å². The maximum Gasteiger partial charge on any atom is 0.242 e. The fourth-order valence-corrected chi connectivity index (χ4v) is 4.15. The lowest BCUT2D eigenvalue weighted by Gasteiger charge is -2.31. The van der Waals surface area contributed by atoms with E-state index in [1.165, 1.54) is 28.8 Å². The number of hydrogen-bond donors (Lipinski definition) is 1. The molecule has 0 fully saturated rings. The fraction of sp³-hybridized carbons (Fsp3) is 0.391. The molecule has 0 aliphatic carbocycles. The molecule has 0 aliphatic rings. The van der Waals surface area contributed by atoms with Crippen molar-refractivity contribution in [3.8, 4) is 0 Å². The van der Waals surface area contributed by atoms with E-state index in [0.29, 0.717) is 21.4 Å². The van der Waals surface area contributed by atoms with E-state index < -0.39 is 11.6 Å². The molecule has 0 aliphatic heterocycles. The normalized spacial score (nSPS) is 12.4. The third kappa shape index (κ3) is 8.36. The maximum atomic E-state index is 13.1. The highest BCUT2D eigenvalue weighted by molar-refractivity contribution is 7.99. The van der Waals surface area contributed by atoms with Crippen molar-refractivity contribution in [2.45, 2.75) is 51.6 Å². The number of nitrogens with zero attached hydrogens (tertiary/aromatic N) is 1. The van der Waals surface area contributed by atoms with Crippen molar-refractivity contribution < 1.29 is 14.0 Å². The van der Waals surface area contributed by atoms with Gasteiger partial charge in [-0.15, -0.1) is 11.8 Å². The molecule has 8 heteroatoms. The van der Waals surface area contributed by atoms with E-state index in [0.717, 1.165) is 5.56 Å². The van der Waals surface area contributed by atoms with E-state index in [1.807, 2.05) is 20.8 Å². The summed E-state index contributed by atoms with van der Waals surface area (Å²) >= 11 is 13.7. The smallest absolute Gasteiger partial charge is 0.242 e. The first kappa shape index (κ1) is 25.5. The van der Waals surface area contributed by atoms with Gasteiger partial charge in [-0.2, -0.15) is 0 Å². The zero-order chi connectivity index (χ0) is 23.2. The van der Waals surface area contributed by atoms with Gasteiger partial charge in [-0.3, -0.25) is 9.59 Å². The average Bonchev–Trinajstić information content (AvgIpc) is 2.67. The van der Waals surface area contributed by atoms with E-state index in [-0.39, 0.29) is 29.9 Å². The highest BCUT2D eigenvalue weighted by Crippen LogP contribution is 2.24. The molecule has 2 rings (SSSR count). The number of carbonyl (C=O) groups is 2. The van der Waals surface area contributed by atoms with Crippen LogP contribution in [0, 0.1) is 5.82 Å². The quantitative estimate of drug-likeness (QED) is 0.522. The fourth-order valence-electron chi connectivity index (χ4n) is 2.81. The lowest BCUT2D eigenvalue weighted by Crippen LogP contribution is -2.52. The lowest BCUT2D eigenvalue weighted by molar-refractivity contribution is -0.139. The predicted octanol–water partition coefficient (Wildman–Crippen LogP) is 5.70. The topological polar surface area (TPSA) is 49.4 Å². The van der Waals surface area contributed by atoms with Crippen molar-refractivity contribution in [2.24, 2.45) is 0 Å². The van der Waals surface area contributed by atoms with E-state index >= 15 is 0 Å². The Morgan fingerprint density at radius 1 is 1.13 bits per heavy atom. The second kappa shape index (κ2) is 11.2. The lowest BCUT2D eigenvalue weighted by atomic mass is 10.1. The van der Waals surface area contributed by atoms with Crippen LogP contribution in [-0.4, -0.2) is 34.0 Å². The molecule has 0 radical (unpaired) electrons. The van der Waals surface area contributed by atoms with Crippen molar-refractivity contribution in [2.75, 3.05) is 5.75 Å². The molecule has 4 nitrogen and oxygen atoms in total. The number of nitrogens with one attached hydrogen (secondary N) is 1. The highest BCUT2D eigenvalue weighted by Gasteiger charge is 2.28. The Bertz CT molecular complexity index is 917. The Morgan fingerprint density at radius 2 is 1.77 bits per heavy atom. The molecule has 2 aromatic carbocycles. The second-order valence-electron chi connectivity index (χ2n) is 8.29. The molecule has 0 unspecified atom stereocenters. The summed E-state index contributed by atoms with van der Waals surface area (Å²) in [5, 5.41) is 3.86. The molecule has 31 heavy (non-hydrogen) atoms. The number of rotatable bonds is 8. The van der Waals surface area contributed by atoms with Crippen LogP contribution in [0.4, 0.5) is 4.39 Å². The van der Waals surface area contributed by atoms with Crippen LogP contribution >= 0.6 is 35.0 Å². The van der Waals surface area contributed by atoms with Gasteiger partial charge in [0.15, 0.2) is 0 Å². The van der Waals surface area contributed by atoms with E-state index in [1.54, 1.807) is 37.3 Å². The number of hydrogen-bond acceptors (Lipinski definition) is 3. The average molecular weight is 485 g/mol. The summed E-state index contributed by atoms with van der Waals surface area (Å²) in [7, 11) is 0. The molecule has 0 saturated carbocycles. The molecule has 1 N–H and O–H groups in total. The van der Waals surface area contributed by atoms with Gasteiger partial charge >= 0.3 is 0 Å². The number of halogens is 3. The molecule has 1 atom stereocenters. The summed E-state index contributed by atoms with van der Waals surface area (Å²) in [6, 6.07) is 10.6. The first-order valence-corrected chi connectivity index (χ1v) is 11.7. The number of amides is 2. The van der Waals surface area contributed by atoms with Gasteiger partial charge in [-0.05, 0) is 63.1 Å². The summed E-state index contributed by atoms with van der Waals surface area (Å²) < 4.78 is 13.1. The van der Waals surface area contributed by atoms with E-state index in [2.05, 4.69) is 5.32 Å². The summed E-state index contributed by atoms with van der Waals surface area (Å²) in [5.41, 5.74) is 1.21. The van der Waals surface area contributed by atoms with Crippen LogP contribution in [0.2, 0.25) is 10.0 Å². The Kier molecular flexibility index (Phi) is 9.22. The van der Waals surface area contributed by atoms with Gasteiger partial charge in [-0.25, -0.2) is 4.39 Å². The van der Waals surface area contributed by atoms with Crippen LogP contribution in [0.1, 0.15) is 38.8 Å². The molecule has 0 saturated heterocycles. The molecular weight excluding hydrogens is 458 g/mol. The molecule has 0 bridgehead atoms. The Labute approximate surface area is 197 Å². The first-order chi connectivity index (χ1) is 14.5. The van der Waals surface area contributed by atoms with Gasteiger partial charge in [0.25, 0.3) is 0 Å². The Morgan fingerprint density at radius 3 is 2.35 bits per heavy atom. The Hall–Kier alpha value is -1.76. The molecular formula is C23H27Cl2FN2O2S. The molecule has 0 aromatic heterocycles. The number of benzene rings is 2. The first-order valence-electron chi connectivity index (χ1n) is 9.84. The number of thioether (sulfide) groups is 1. The summed E-state index contributed by atoms with van der Waals surface area (Å²) in [6.45, 7) is 7.55. The third-order valence-corrected chi connectivity index (χ3v) is 6.00. The standard InChI is InChI=1S/C23H27Cl2FN2O2S/c1-15(22(30)27-23(2,3)4)28(12-17-7-8-18(24)11-20(17)25)21(29)14-31-13-16-5-9-19(26)10-6-16/h5-11,15H,12-14H2,1-4H3,(H,27,30)/t15-/m1/s1. The molecule has 168 valence electrons. The highest BCUT2D eigenvalue weighted by atomic mass is 35.5. The third-order valence-electron chi connectivity index (χ3n) is 4.43. The van der Waals surface area contributed by atoms with Gasteiger partial charge in [0.05, 0.1) is 5.75 Å². The van der Waals surface area contributed by atoms with E-state index in [9.17, 15) is 14.0 Å². The minimum atomic E-state index is -0.690.